The number of aryl methyl sites for hydroxylation is 1. The fourth-order valence-corrected chi connectivity index (χ4v) is 3.30. The maximum atomic E-state index is 12.7. The number of ether oxygens (including phenoxy) is 1. The number of amides is 2. The van der Waals surface area contributed by atoms with Crippen molar-refractivity contribution in [3.63, 3.8) is 0 Å². The molecule has 2 aromatic carbocycles. The van der Waals surface area contributed by atoms with Gasteiger partial charge in [-0.1, -0.05) is 48.5 Å². The first-order chi connectivity index (χ1) is 12.7. The number of nitrogens with one attached hydrogen (secondary N) is 1. The van der Waals surface area contributed by atoms with Gasteiger partial charge < -0.3 is 15.0 Å². The Balaban J connectivity index is 1.64. The minimum Gasteiger partial charge on any atom is -0.488 e. The Morgan fingerprint density at radius 1 is 1.08 bits per heavy atom. The van der Waals surface area contributed by atoms with Gasteiger partial charge in [0.15, 0.2) is 0 Å². The van der Waals surface area contributed by atoms with Gasteiger partial charge in [0.2, 0.25) is 11.8 Å². The van der Waals surface area contributed by atoms with Crippen LogP contribution in [0.4, 0.5) is 0 Å². The molecule has 136 valence electrons. The molecule has 3 rings (SSSR count). The van der Waals surface area contributed by atoms with Crippen LogP contribution in [-0.2, 0) is 16.0 Å². The molecule has 0 radical (unpaired) electrons. The van der Waals surface area contributed by atoms with Gasteiger partial charge in [-0.3, -0.25) is 9.59 Å². The van der Waals surface area contributed by atoms with Crippen LogP contribution >= 0.6 is 0 Å². The molecule has 1 saturated heterocycles. The normalized spacial score (nSPS) is 19.2. The number of carbonyl (C=O) groups excluding carboxylic acids is 2. The third-order valence-electron chi connectivity index (χ3n) is 4.65. The summed E-state index contributed by atoms with van der Waals surface area (Å²) >= 11 is 0. The Hall–Kier alpha value is -2.82. The van der Waals surface area contributed by atoms with Crippen molar-refractivity contribution in [2.24, 2.45) is 0 Å². The largest absolute Gasteiger partial charge is 0.488 e. The molecule has 5 nitrogen and oxygen atoms in total. The molecule has 1 N–H and O–H groups in total. The summed E-state index contributed by atoms with van der Waals surface area (Å²) in [5.41, 5.74) is 1.12. The third kappa shape index (κ3) is 4.42. The molecule has 1 fully saturated rings. The smallest absolute Gasteiger partial charge is 0.242 e. The number of likely N-dealkylation sites (N-methyl/N-ethyl adjacent to an activating group) is 1. The van der Waals surface area contributed by atoms with Crippen molar-refractivity contribution in [2.75, 3.05) is 13.6 Å². The van der Waals surface area contributed by atoms with Gasteiger partial charge in [0.05, 0.1) is 6.54 Å². The lowest BCUT2D eigenvalue weighted by molar-refractivity contribution is -0.138. The molecule has 2 amide bonds. The number of benzene rings is 2. The maximum Gasteiger partial charge on any atom is 0.242 e. The van der Waals surface area contributed by atoms with Crippen molar-refractivity contribution in [1.29, 1.82) is 0 Å². The van der Waals surface area contributed by atoms with Crippen LogP contribution in [0.15, 0.2) is 60.7 Å². The van der Waals surface area contributed by atoms with E-state index in [1.165, 1.54) is 0 Å². The van der Waals surface area contributed by atoms with Crippen LogP contribution in [0.1, 0.15) is 18.4 Å². The van der Waals surface area contributed by atoms with E-state index < -0.39 is 6.04 Å². The number of hydrogen-bond acceptors (Lipinski definition) is 3. The second-order valence-electron chi connectivity index (χ2n) is 6.45. The lowest BCUT2D eigenvalue weighted by Crippen LogP contribution is -2.45. The second kappa shape index (κ2) is 8.52. The highest BCUT2D eigenvalue weighted by Gasteiger charge is 2.40. The summed E-state index contributed by atoms with van der Waals surface area (Å²) in [6.07, 6.45) is 1.38. The van der Waals surface area contributed by atoms with Crippen molar-refractivity contribution in [3.8, 4) is 5.75 Å². The summed E-state index contributed by atoms with van der Waals surface area (Å²) in [7, 11) is 1.60. The quantitative estimate of drug-likeness (QED) is 0.869. The SMILES string of the molecule is CNC(=O)C1CC(Oc2ccccc2)CN1C(=O)CCc1ccccc1. The Labute approximate surface area is 154 Å². The summed E-state index contributed by atoms with van der Waals surface area (Å²) in [5, 5.41) is 2.66. The van der Waals surface area contributed by atoms with Crippen LogP contribution in [-0.4, -0.2) is 42.5 Å². The number of likely N-dealkylation sites (tertiary alicyclic amines) is 1. The van der Waals surface area contributed by atoms with Crippen LogP contribution in [0.2, 0.25) is 0 Å². The zero-order chi connectivity index (χ0) is 18.4. The highest BCUT2D eigenvalue weighted by atomic mass is 16.5. The Bertz CT molecular complexity index is 733. The number of carbonyl (C=O) groups is 2. The minimum absolute atomic E-state index is 0.0124. The molecule has 1 heterocycles. The van der Waals surface area contributed by atoms with Gasteiger partial charge in [-0.05, 0) is 24.1 Å². The molecule has 0 bridgehead atoms. The van der Waals surface area contributed by atoms with Gasteiger partial charge >= 0.3 is 0 Å². The number of para-hydroxylation sites is 1. The number of nitrogens with zero attached hydrogens (tertiary/aromatic N) is 1. The average molecular weight is 352 g/mol. The zero-order valence-corrected chi connectivity index (χ0v) is 14.9. The zero-order valence-electron chi connectivity index (χ0n) is 14.9. The number of hydrogen-bond donors (Lipinski definition) is 1. The Morgan fingerprint density at radius 2 is 1.73 bits per heavy atom. The predicted molar refractivity (Wildman–Crippen MR) is 99.8 cm³/mol. The third-order valence-corrected chi connectivity index (χ3v) is 4.65. The Morgan fingerprint density at radius 3 is 2.38 bits per heavy atom. The molecular weight excluding hydrogens is 328 g/mol. The highest BCUT2D eigenvalue weighted by molar-refractivity contribution is 5.88. The first-order valence-corrected chi connectivity index (χ1v) is 8.94. The molecule has 26 heavy (non-hydrogen) atoms. The summed E-state index contributed by atoms with van der Waals surface area (Å²) in [6, 6.07) is 18.9. The lowest BCUT2D eigenvalue weighted by Gasteiger charge is -2.23. The Kier molecular flexibility index (Phi) is 5.89. The van der Waals surface area contributed by atoms with E-state index in [9.17, 15) is 9.59 Å². The minimum atomic E-state index is -0.475. The van der Waals surface area contributed by atoms with Crippen molar-refractivity contribution in [2.45, 2.75) is 31.4 Å². The molecule has 1 aliphatic rings. The lowest BCUT2D eigenvalue weighted by atomic mass is 10.1. The van der Waals surface area contributed by atoms with Gasteiger partial charge in [0, 0.05) is 19.9 Å². The van der Waals surface area contributed by atoms with Crippen molar-refractivity contribution in [1.82, 2.24) is 10.2 Å². The molecule has 2 unspecified atom stereocenters. The van der Waals surface area contributed by atoms with E-state index in [-0.39, 0.29) is 17.9 Å². The van der Waals surface area contributed by atoms with Crippen LogP contribution in [0, 0.1) is 0 Å². The number of rotatable bonds is 6. The van der Waals surface area contributed by atoms with E-state index in [1.54, 1.807) is 11.9 Å². The highest BCUT2D eigenvalue weighted by Crippen LogP contribution is 2.24. The molecule has 0 aliphatic carbocycles. The van der Waals surface area contributed by atoms with Crippen LogP contribution in [0.3, 0.4) is 0 Å². The summed E-state index contributed by atoms with van der Waals surface area (Å²) in [4.78, 5) is 26.6. The van der Waals surface area contributed by atoms with E-state index in [0.29, 0.717) is 25.8 Å². The summed E-state index contributed by atoms with van der Waals surface area (Å²) in [6.45, 7) is 0.431. The maximum absolute atomic E-state index is 12.7. The van der Waals surface area contributed by atoms with E-state index in [4.69, 9.17) is 4.74 Å². The topological polar surface area (TPSA) is 58.6 Å². The van der Waals surface area contributed by atoms with Gasteiger partial charge in [-0.2, -0.15) is 0 Å². The monoisotopic (exact) mass is 352 g/mol. The first-order valence-electron chi connectivity index (χ1n) is 8.94. The summed E-state index contributed by atoms with van der Waals surface area (Å²) < 4.78 is 5.97. The molecule has 2 atom stereocenters. The average Bonchev–Trinajstić information content (AvgIpc) is 3.11. The van der Waals surface area contributed by atoms with Crippen molar-refractivity contribution < 1.29 is 14.3 Å². The van der Waals surface area contributed by atoms with Gasteiger partial charge in [0.1, 0.15) is 17.9 Å². The van der Waals surface area contributed by atoms with Crippen molar-refractivity contribution in [3.05, 3.63) is 66.2 Å². The molecule has 2 aromatic rings. The van der Waals surface area contributed by atoms with E-state index >= 15 is 0 Å². The first kappa shape index (κ1) is 18.0. The van der Waals surface area contributed by atoms with E-state index in [0.717, 1.165) is 11.3 Å². The summed E-state index contributed by atoms with van der Waals surface area (Å²) in [5.74, 6) is 0.602. The molecule has 0 saturated carbocycles. The van der Waals surface area contributed by atoms with Gasteiger partial charge in [0.25, 0.3) is 0 Å². The molecular formula is C21H24N2O3. The molecule has 0 spiro atoms. The molecule has 0 aromatic heterocycles. The standard InChI is InChI=1S/C21H24N2O3/c1-22-21(25)19-14-18(26-17-10-6-3-7-11-17)15-23(19)20(24)13-12-16-8-4-2-5-9-16/h2-11,18-19H,12-15H2,1H3,(H,22,25). The fourth-order valence-electron chi connectivity index (χ4n) is 3.30. The van der Waals surface area contributed by atoms with Crippen LogP contribution in [0.5, 0.6) is 5.75 Å². The molecule has 5 heteroatoms. The predicted octanol–water partition coefficient (Wildman–Crippen LogP) is 2.41. The van der Waals surface area contributed by atoms with Gasteiger partial charge in [-0.15, -0.1) is 0 Å². The van der Waals surface area contributed by atoms with Crippen LogP contribution in [0.25, 0.3) is 0 Å². The van der Waals surface area contributed by atoms with E-state index in [1.807, 2.05) is 60.7 Å². The second-order valence-corrected chi connectivity index (χ2v) is 6.45. The van der Waals surface area contributed by atoms with Crippen LogP contribution < -0.4 is 10.1 Å². The van der Waals surface area contributed by atoms with Crippen molar-refractivity contribution >= 4 is 11.8 Å². The fraction of sp³-hybridized carbons (Fsp3) is 0.333. The van der Waals surface area contributed by atoms with E-state index in [2.05, 4.69) is 5.32 Å². The van der Waals surface area contributed by atoms with Gasteiger partial charge in [-0.25, -0.2) is 0 Å². The molecule has 1 aliphatic heterocycles.